The molecule has 0 spiro atoms. The molecule has 0 amide bonds. The number of nitrogens with zero attached hydrogens (tertiary/aromatic N) is 2. The topological polar surface area (TPSA) is 29.9 Å². The molecule has 0 aliphatic rings. The molecule has 4 heteroatoms. The molecule has 0 radical (unpaired) electrons. The molecule has 0 fully saturated rings. The van der Waals surface area contributed by atoms with Crippen LogP contribution in [-0.4, -0.2) is 9.78 Å². The van der Waals surface area contributed by atoms with Crippen LogP contribution in [0.25, 0.3) is 0 Å². The van der Waals surface area contributed by atoms with Gasteiger partial charge in [0.1, 0.15) is 0 Å². The minimum absolute atomic E-state index is 0.0577. The molecule has 0 aromatic carbocycles. The summed E-state index contributed by atoms with van der Waals surface area (Å²) in [6, 6.07) is 0. The summed E-state index contributed by atoms with van der Waals surface area (Å²) in [7, 11) is 0. The van der Waals surface area contributed by atoms with E-state index in [1.807, 2.05) is 10.9 Å². The van der Waals surface area contributed by atoms with Crippen LogP contribution in [0, 0.1) is 6.92 Å². The van der Waals surface area contributed by atoms with Crippen LogP contribution in [0.2, 0.25) is 0 Å². The van der Waals surface area contributed by atoms with E-state index in [1.165, 1.54) is 16.7 Å². The van der Waals surface area contributed by atoms with Crippen LogP contribution in [0.5, 0.6) is 0 Å². The molecule has 3 nitrogen and oxygen atoms in total. The minimum atomic E-state index is 0.0577. The highest BCUT2D eigenvalue weighted by Gasteiger charge is 2.13. The summed E-state index contributed by atoms with van der Waals surface area (Å²) in [6.45, 7) is 10.4. The van der Waals surface area contributed by atoms with Crippen LogP contribution >= 0.6 is 11.3 Å². The van der Waals surface area contributed by atoms with Crippen LogP contribution in [0.4, 0.5) is 0 Å². The van der Waals surface area contributed by atoms with E-state index in [-0.39, 0.29) is 5.54 Å². The lowest BCUT2D eigenvalue weighted by Crippen LogP contribution is -2.22. The molecule has 98 valence electrons. The average Bonchev–Trinajstić information content (AvgIpc) is 2.88. The van der Waals surface area contributed by atoms with E-state index in [0.29, 0.717) is 0 Å². The van der Waals surface area contributed by atoms with Crippen molar-refractivity contribution in [1.82, 2.24) is 15.1 Å². The molecule has 0 atom stereocenters. The highest BCUT2D eigenvalue weighted by atomic mass is 32.1. The zero-order chi connectivity index (χ0) is 13.2. The molecule has 1 N–H and O–H groups in total. The van der Waals surface area contributed by atoms with Crippen LogP contribution in [0.15, 0.2) is 23.2 Å². The third kappa shape index (κ3) is 3.21. The lowest BCUT2D eigenvalue weighted by Gasteiger charge is -2.18. The van der Waals surface area contributed by atoms with Gasteiger partial charge in [-0.25, -0.2) is 0 Å². The molecule has 0 bridgehead atoms. The van der Waals surface area contributed by atoms with Crippen molar-refractivity contribution in [1.29, 1.82) is 0 Å². The first-order valence-corrected chi connectivity index (χ1v) is 7.17. The van der Waals surface area contributed by atoms with Gasteiger partial charge < -0.3 is 5.32 Å². The first kappa shape index (κ1) is 13.3. The van der Waals surface area contributed by atoms with Gasteiger partial charge in [0, 0.05) is 24.8 Å². The average molecular weight is 263 g/mol. The van der Waals surface area contributed by atoms with Crippen LogP contribution < -0.4 is 5.32 Å². The van der Waals surface area contributed by atoms with Gasteiger partial charge in [0.25, 0.3) is 0 Å². The molecule has 0 unspecified atom stereocenters. The van der Waals surface area contributed by atoms with Gasteiger partial charge in [0.15, 0.2) is 0 Å². The zero-order valence-electron chi connectivity index (χ0n) is 11.5. The molecule has 0 aliphatic heterocycles. The van der Waals surface area contributed by atoms with Gasteiger partial charge in [-0.3, -0.25) is 4.68 Å². The van der Waals surface area contributed by atoms with Crippen molar-refractivity contribution >= 4 is 11.3 Å². The smallest absolute Gasteiger partial charge is 0.0543 e. The molecular formula is C14H21N3S. The minimum Gasteiger partial charge on any atom is -0.308 e. The van der Waals surface area contributed by atoms with E-state index in [4.69, 9.17) is 0 Å². The maximum Gasteiger partial charge on any atom is 0.0543 e. The van der Waals surface area contributed by atoms with Crippen LogP contribution in [0.1, 0.15) is 37.5 Å². The second-order valence-electron chi connectivity index (χ2n) is 5.65. The Hall–Kier alpha value is -1.13. The van der Waals surface area contributed by atoms with E-state index in [1.54, 1.807) is 11.3 Å². The molecule has 18 heavy (non-hydrogen) atoms. The Morgan fingerprint density at radius 1 is 1.28 bits per heavy atom. The van der Waals surface area contributed by atoms with E-state index >= 15 is 0 Å². The molecular weight excluding hydrogens is 242 g/mol. The summed E-state index contributed by atoms with van der Waals surface area (Å²) in [5.41, 5.74) is 4.06. The monoisotopic (exact) mass is 263 g/mol. The van der Waals surface area contributed by atoms with Crippen molar-refractivity contribution in [3.63, 3.8) is 0 Å². The van der Waals surface area contributed by atoms with Gasteiger partial charge in [-0.15, -0.1) is 0 Å². The molecule has 2 aromatic heterocycles. The summed E-state index contributed by atoms with van der Waals surface area (Å²) in [4.78, 5) is 0. The van der Waals surface area contributed by atoms with E-state index in [0.717, 1.165) is 13.1 Å². The standard InChI is InChI=1S/C14H21N3S/c1-11-9-18-10-13(11)7-15-5-12-6-16-17(8-12)14(2,3)4/h6,8-10,15H,5,7H2,1-4H3. The fourth-order valence-corrected chi connectivity index (χ4v) is 2.58. The number of nitrogens with one attached hydrogen (secondary N) is 1. The summed E-state index contributed by atoms with van der Waals surface area (Å²) in [5, 5.41) is 12.3. The van der Waals surface area contributed by atoms with Crippen LogP contribution in [-0.2, 0) is 18.6 Å². The van der Waals surface area contributed by atoms with Gasteiger partial charge >= 0.3 is 0 Å². The second kappa shape index (κ2) is 5.24. The predicted octanol–water partition coefficient (Wildman–Crippen LogP) is 3.30. The summed E-state index contributed by atoms with van der Waals surface area (Å²) in [6.07, 6.45) is 4.06. The van der Waals surface area contributed by atoms with Crippen molar-refractivity contribution in [3.05, 3.63) is 39.8 Å². The Bertz CT molecular complexity index is 505. The molecule has 2 heterocycles. The van der Waals surface area contributed by atoms with E-state index < -0.39 is 0 Å². The maximum absolute atomic E-state index is 4.40. The van der Waals surface area contributed by atoms with Gasteiger partial charge in [-0.05, 0) is 49.6 Å². The molecule has 0 aliphatic carbocycles. The second-order valence-corrected chi connectivity index (χ2v) is 6.39. The van der Waals surface area contributed by atoms with Crippen molar-refractivity contribution in [2.75, 3.05) is 0 Å². The van der Waals surface area contributed by atoms with Gasteiger partial charge in [0.05, 0.1) is 11.7 Å². The van der Waals surface area contributed by atoms with Crippen molar-refractivity contribution < 1.29 is 0 Å². The largest absolute Gasteiger partial charge is 0.308 e. The number of hydrogen-bond donors (Lipinski definition) is 1. The first-order valence-electron chi connectivity index (χ1n) is 6.23. The summed E-state index contributed by atoms with van der Waals surface area (Å²) in [5.74, 6) is 0. The van der Waals surface area contributed by atoms with Gasteiger partial charge in [-0.1, -0.05) is 0 Å². The third-order valence-corrected chi connectivity index (χ3v) is 3.84. The Morgan fingerprint density at radius 3 is 2.61 bits per heavy atom. The molecule has 2 aromatic rings. The van der Waals surface area contributed by atoms with Crippen molar-refractivity contribution in [2.45, 2.75) is 46.3 Å². The van der Waals surface area contributed by atoms with E-state index in [2.05, 4.69) is 55.1 Å². The number of aromatic nitrogens is 2. The highest BCUT2D eigenvalue weighted by molar-refractivity contribution is 7.08. The van der Waals surface area contributed by atoms with Gasteiger partial charge in [-0.2, -0.15) is 16.4 Å². The lowest BCUT2D eigenvalue weighted by atomic mass is 10.1. The molecule has 0 saturated heterocycles. The van der Waals surface area contributed by atoms with Crippen molar-refractivity contribution in [3.8, 4) is 0 Å². The predicted molar refractivity (Wildman–Crippen MR) is 76.8 cm³/mol. The number of hydrogen-bond acceptors (Lipinski definition) is 3. The van der Waals surface area contributed by atoms with Gasteiger partial charge in [0.2, 0.25) is 0 Å². The Kier molecular flexibility index (Phi) is 3.88. The van der Waals surface area contributed by atoms with Crippen LogP contribution in [0.3, 0.4) is 0 Å². The third-order valence-electron chi connectivity index (χ3n) is 2.93. The number of aryl methyl sites for hydroxylation is 1. The molecule has 2 rings (SSSR count). The van der Waals surface area contributed by atoms with Crippen molar-refractivity contribution in [2.24, 2.45) is 0 Å². The quantitative estimate of drug-likeness (QED) is 0.917. The fraction of sp³-hybridized carbons (Fsp3) is 0.500. The zero-order valence-corrected chi connectivity index (χ0v) is 12.3. The first-order chi connectivity index (χ1) is 8.47. The SMILES string of the molecule is Cc1cscc1CNCc1cnn(C(C)(C)C)c1. The highest BCUT2D eigenvalue weighted by Crippen LogP contribution is 2.14. The normalized spacial score (nSPS) is 12.0. The number of rotatable bonds is 4. The van der Waals surface area contributed by atoms with E-state index in [9.17, 15) is 0 Å². The Labute approximate surface area is 113 Å². The lowest BCUT2D eigenvalue weighted by molar-refractivity contribution is 0.355. The Morgan fingerprint density at radius 2 is 2.06 bits per heavy atom. The Balaban J connectivity index is 1.88. The number of thiophene rings is 1. The molecule has 0 saturated carbocycles. The summed E-state index contributed by atoms with van der Waals surface area (Å²) < 4.78 is 2.01. The summed E-state index contributed by atoms with van der Waals surface area (Å²) >= 11 is 1.76. The fourth-order valence-electron chi connectivity index (χ4n) is 1.73. The maximum atomic E-state index is 4.40.